The molecular weight excluding hydrogens is 563 g/mol. The average Bonchev–Trinajstić information content (AvgIpc) is 3.52. The molecule has 4 aromatic rings. The highest BCUT2D eigenvalue weighted by Crippen LogP contribution is 2.51. The summed E-state index contributed by atoms with van der Waals surface area (Å²) in [5.41, 5.74) is 4.15. The second kappa shape index (κ2) is 10.4. The molecule has 1 unspecified atom stereocenters. The Morgan fingerprint density at radius 1 is 1.16 bits per heavy atom. The Bertz CT molecular complexity index is 1850. The normalized spacial score (nSPS) is 22.9. The van der Waals surface area contributed by atoms with Crippen molar-refractivity contribution in [2.45, 2.75) is 62.9 Å². The molecule has 2 fully saturated rings. The van der Waals surface area contributed by atoms with Crippen molar-refractivity contribution >= 4 is 27.4 Å². The number of aryl methyl sites for hydroxylation is 1. The molecule has 0 radical (unpaired) electrons. The van der Waals surface area contributed by atoms with Crippen LogP contribution in [0.25, 0.3) is 11.8 Å². The van der Waals surface area contributed by atoms with E-state index in [0.29, 0.717) is 35.8 Å². The molecule has 7 rings (SSSR count). The number of ketones is 1. The fourth-order valence-corrected chi connectivity index (χ4v) is 8.16. The molecule has 3 heterocycles. The Labute approximate surface area is 251 Å². The van der Waals surface area contributed by atoms with Crippen molar-refractivity contribution in [3.05, 3.63) is 95.1 Å². The first-order valence-corrected chi connectivity index (χ1v) is 16.5. The van der Waals surface area contributed by atoms with Crippen molar-refractivity contribution in [3.8, 4) is 5.69 Å². The number of halogens is 1. The predicted molar refractivity (Wildman–Crippen MR) is 165 cm³/mol. The third-order valence-electron chi connectivity index (χ3n) is 9.39. The lowest BCUT2D eigenvalue weighted by Crippen LogP contribution is -2.49. The number of carbonyl (C=O) groups is 1. The molecule has 3 atom stereocenters. The highest BCUT2D eigenvalue weighted by atomic mass is 32.2. The van der Waals surface area contributed by atoms with Crippen molar-refractivity contribution in [1.82, 2.24) is 28.9 Å². The van der Waals surface area contributed by atoms with Gasteiger partial charge in [0.2, 0.25) is 0 Å². The molecule has 222 valence electrons. The standard InChI is InChI=1S/C33H35FN6O2S/c1-22-12-13-35-30(14-22)32(41)33-16-24-18-37-40(27-10-7-26(34)8-11-27)31(24)15-25(33)6-9-28(17-33)38(2)43(3,42)29-19-36-39(21-29)20-23-4-5-23/h7-8,10-15,18-19,21,23,28H,3-6,9,16-17,20H2,1-2H3/t28-,33-,43?/m0/s1. The van der Waals surface area contributed by atoms with Gasteiger partial charge in [0.05, 0.1) is 43.8 Å². The molecule has 0 spiro atoms. The number of allylic oxidation sites excluding steroid dienone is 1. The third-order valence-corrected chi connectivity index (χ3v) is 11.6. The summed E-state index contributed by atoms with van der Waals surface area (Å²) in [4.78, 5) is 19.6. The lowest BCUT2D eigenvalue weighted by atomic mass is 9.60. The summed E-state index contributed by atoms with van der Waals surface area (Å²) in [6.07, 6.45) is 13.8. The van der Waals surface area contributed by atoms with Crippen LogP contribution in [-0.2, 0) is 22.7 Å². The number of carbonyl (C=O) groups excluding carboxylic acids is 1. The number of hydrogen-bond donors (Lipinski definition) is 0. The van der Waals surface area contributed by atoms with Gasteiger partial charge in [0, 0.05) is 25.0 Å². The molecule has 0 bridgehead atoms. The maximum absolute atomic E-state index is 14.5. The molecule has 3 aromatic heterocycles. The van der Waals surface area contributed by atoms with E-state index in [4.69, 9.17) is 0 Å². The Kier molecular flexibility index (Phi) is 6.74. The van der Waals surface area contributed by atoms with Crippen LogP contribution in [-0.4, -0.2) is 57.8 Å². The van der Waals surface area contributed by atoms with E-state index in [1.54, 1.807) is 35.4 Å². The van der Waals surface area contributed by atoms with E-state index in [1.807, 2.05) is 41.3 Å². The molecule has 0 saturated heterocycles. The zero-order valence-corrected chi connectivity index (χ0v) is 25.3. The molecular formula is C33H35FN6O2S. The first-order valence-electron chi connectivity index (χ1n) is 14.8. The van der Waals surface area contributed by atoms with Gasteiger partial charge in [-0.3, -0.25) is 14.5 Å². The van der Waals surface area contributed by atoms with Gasteiger partial charge in [0.1, 0.15) is 11.5 Å². The summed E-state index contributed by atoms with van der Waals surface area (Å²) >= 11 is 0. The molecule has 3 aliphatic carbocycles. The largest absolute Gasteiger partial charge is 0.291 e. The van der Waals surface area contributed by atoms with Crippen LogP contribution in [0.2, 0.25) is 0 Å². The van der Waals surface area contributed by atoms with Gasteiger partial charge in [0.25, 0.3) is 0 Å². The molecule has 1 aromatic carbocycles. The number of Topliss-reactive ketones (excluding diaryl/α,β-unsaturated/α-hetero) is 1. The first-order chi connectivity index (χ1) is 20.6. The minimum absolute atomic E-state index is 0.0338. The summed E-state index contributed by atoms with van der Waals surface area (Å²) in [6, 6.07) is 9.82. The van der Waals surface area contributed by atoms with Gasteiger partial charge >= 0.3 is 0 Å². The van der Waals surface area contributed by atoms with E-state index in [2.05, 4.69) is 27.1 Å². The minimum Gasteiger partial charge on any atom is -0.291 e. The van der Waals surface area contributed by atoms with Gasteiger partial charge < -0.3 is 0 Å². The molecule has 43 heavy (non-hydrogen) atoms. The van der Waals surface area contributed by atoms with E-state index in [1.165, 1.54) is 25.0 Å². The molecule has 8 nitrogen and oxygen atoms in total. The fourth-order valence-electron chi connectivity index (χ4n) is 6.67. The van der Waals surface area contributed by atoms with Crippen molar-refractivity contribution in [2.75, 3.05) is 7.05 Å². The second-order valence-electron chi connectivity index (χ2n) is 12.3. The number of benzene rings is 1. The second-order valence-corrected chi connectivity index (χ2v) is 14.7. The number of nitrogens with zero attached hydrogens (tertiary/aromatic N) is 6. The number of rotatable bonds is 8. The van der Waals surface area contributed by atoms with E-state index in [0.717, 1.165) is 41.0 Å². The van der Waals surface area contributed by atoms with Gasteiger partial charge in [-0.25, -0.2) is 17.6 Å². The van der Waals surface area contributed by atoms with Gasteiger partial charge in [0.15, 0.2) is 5.78 Å². The monoisotopic (exact) mass is 598 g/mol. The molecule has 0 amide bonds. The molecule has 0 aliphatic heterocycles. The van der Waals surface area contributed by atoms with Crippen LogP contribution < -0.4 is 0 Å². The summed E-state index contributed by atoms with van der Waals surface area (Å²) in [6.45, 7) is 2.79. The third kappa shape index (κ3) is 4.96. The zero-order valence-electron chi connectivity index (χ0n) is 24.4. The average molecular weight is 599 g/mol. The number of aromatic nitrogens is 5. The van der Waals surface area contributed by atoms with Crippen LogP contribution in [0.5, 0.6) is 0 Å². The summed E-state index contributed by atoms with van der Waals surface area (Å²) in [5.74, 6) is 4.50. The fraction of sp³-hybridized carbons (Fsp3) is 0.364. The van der Waals surface area contributed by atoms with Crippen LogP contribution >= 0.6 is 0 Å². The van der Waals surface area contributed by atoms with E-state index in [9.17, 15) is 13.4 Å². The highest BCUT2D eigenvalue weighted by Gasteiger charge is 2.50. The van der Waals surface area contributed by atoms with Gasteiger partial charge in [-0.15, -0.1) is 0 Å². The number of fused-ring (bicyclic) bond motifs is 2. The number of hydrogen-bond acceptors (Lipinski definition) is 5. The van der Waals surface area contributed by atoms with Gasteiger partial charge in [-0.1, -0.05) is 5.57 Å². The first kappa shape index (κ1) is 27.9. The Hall–Kier alpha value is -3.89. The van der Waals surface area contributed by atoms with Crippen LogP contribution in [0.3, 0.4) is 0 Å². The topological polar surface area (TPSA) is 85.9 Å². The lowest BCUT2D eigenvalue weighted by Gasteiger charge is -2.46. The van der Waals surface area contributed by atoms with E-state index >= 15 is 0 Å². The van der Waals surface area contributed by atoms with Gasteiger partial charge in [-0.05, 0) is 118 Å². The molecule has 3 aliphatic rings. The quantitative estimate of drug-likeness (QED) is 0.203. The summed E-state index contributed by atoms with van der Waals surface area (Å²) < 4.78 is 33.4. The molecule has 2 saturated carbocycles. The molecule has 0 N–H and O–H groups in total. The predicted octanol–water partition coefficient (Wildman–Crippen LogP) is 5.30. The molecule has 10 heteroatoms. The van der Waals surface area contributed by atoms with Crippen molar-refractivity contribution in [3.63, 3.8) is 0 Å². The van der Waals surface area contributed by atoms with Crippen LogP contribution in [0.1, 0.15) is 59.4 Å². The highest BCUT2D eigenvalue weighted by molar-refractivity contribution is 7.98. The lowest BCUT2D eigenvalue weighted by molar-refractivity contribution is 0.0749. The SMILES string of the molecule is C=S(=O)(c1cnn(CC2CC2)c1)N(C)[C@H]1CCC2=Cc3c(cnn3-c3ccc(F)cc3)C[C@]2(C(=O)c2cc(C)ccn2)C1. The van der Waals surface area contributed by atoms with Crippen LogP contribution in [0.4, 0.5) is 4.39 Å². The van der Waals surface area contributed by atoms with Crippen molar-refractivity contribution in [2.24, 2.45) is 11.3 Å². The smallest absolute Gasteiger partial charge is 0.191 e. The van der Waals surface area contributed by atoms with Crippen molar-refractivity contribution in [1.29, 1.82) is 0 Å². The van der Waals surface area contributed by atoms with Crippen LogP contribution in [0, 0.1) is 24.1 Å². The zero-order chi connectivity index (χ0) is 29.9. The van der Waals surface area contributed by atoms with Gasteiger partial charge in [-0.2, -0.15) is 10.2 Å². The van der Waals surface area contributed by atoms with E-state index in [-0.39, 0.29) is 17.6 Å². The Balaban J connectivity index is 1.25. The Morgan fingerprint density at radius 2 is 1.95 bits per heavy atom. The number of pyridine rings is 1. The Morgan fingerprint density at radius 3 is 2.70 bits per heavy atom. The maximum Gasteiger partial charge on any atom is 0.191 e. The van der Waals surface area contributed by atoms with Crippen LogP contribution in [0.15, 0.2) is 71.7 Å². The minimum atomic E-state index is -2.83. The van der Waals surface area contributed by atoms with Crippen molar-refractivity contribution < 1.29 is 13.4 Å². The summed E-state index contributed by atoms with van der Waals surface area (Å²) in [5, 5.41) is 9.11. The van der Waals surface area contributed by atoms with E-state index < -0.39 is 15.1 Å². The summed E-state index contributed by atoms with van der Waals surface area (Å²) in [7, 11) is -0.976. The maximum atomic E-state index is 14.5.